The van der Waals surface area contributed by atoms with Crippen molar-refractivity contribution in [1.29, 1.82) is 0 Å². The van der Waals surface area contributed by atoms with Crippen molar-refractivity contribution < 1.29 is 27.4 Å². The van der Waals surface area contributed by atoms with Gasteiger partial charge in [-0.25, -0.2) is 22.3 Å². The minimum atomic E-state index is -3.95. The summed E-state index contributed by atoms with van der Waals surface area (Å²) in [5.41, 5.74) is -0.231. The molecule has 1 heterocycles. The van der Waals surface area contributed by atoms with E-state index in [1.165, 1.54) is 24.3 Å². The predicted molar refractivity (Wildman–Crippen MR) is 83.7 cm³/mol. The second-order valence-electron chi connectivity index (χ2n) is 5.63. The number of nitrogens with one attached hydrogen (secondary N) is 1. The maximum absolute atomic E-state index is 12.3. The molecule has 1 aliphatic rings. The van der Waals surface area contributed by atoms with Gasteiger partial charge in [-0.15, -0.1) is 0 Å². The molecule has 1 aromatic rings. The van der Waals surface area contributed by atoms with Crippen LogP contribution in [0.5, 0.6) is 0 Å². The van der Waals surface area contributed by atoms with Crippen LogP contribution in [0.1, 0.15) is 24.2 Å². The third kappa shape index (κ3) is 4.18. The molecule has 10 heteroatoms. The van der Waals surface area contributed by atoms with Crippen molar-refractivity contribution in [1.82, 2.24) is 4.49 Å². The second kappa shape index (κ2) is 6.07. The molecule has 0 atom stereocenters. The topological polar surface area (TPSA) is 102 Å². The number of carboxylic acid groups (broad SMARTS) is 1. The molecule has 0 aliphatic carbocycles. The zero-order chi connectivity index (χ0) is 16.6. The van der Waals surface area contributed by atoms with Gasteiger partial charge >= 0.3 is 5.97 Å². The molecule has 1 aliphatic heterocycles. The van der Waals surface area contributed by atoms with E-state index in [9.17, 15) is 13.2 Å². The van der Waals surface area contributed by atoms with Crippen molar-refractivity contribution in [3.05, 3.63) is 29.8 Å². The molecule has 2 N–H and O–H groups in total. The van der Waals surface area contributed by atoms with Crippen LogP contribution in [0.3, 0.4) is 0 Å². The summed E-state index contributed by atoms with van der Waals surface area (Å²) in [7, 11) is -7.08. The number of aromatic carboxylic acids is 1. The van der Waals surface area contributed by atoms with Gasteiger partial charge in [-0.1, -0.05) is 13.8 Å². The molecule has 122 valence electrons. The number of carbonyl (C=O) groups is 1. The average molecular weight is 365 g/mol. The Labute approximate surface area is 134 Å². The highest BCUT2D eigenvalue weighted by atomic mass is 32.7. The molecule has 0 bridgehead atoms. The highest BCUT2D eigenvalue weighted by Gasteiger charge is 2.42. The lowest BCUT2D eigenvalue weighted by Crippen LogP contribution is -2.36. The molecule has 1 aromatic carbocycles. The molecular formula is C12H16NO6PS2. The van der Waals surface area contributed by atoms with Crippen LogP contribution in [0.4, 0.5) is 0 Å². The van der Waals surface area contributed by atoms with Crippen LogP contribution in [0.25, 0.3) is 0 Å². The van der Waals surface area contributed by atoms with Gasteiger partial charge in [0.15, 0.2) is 0 Å². The quantitative estimate of drug-likeness (QED) is 0.621. The van der Waals surface area contributed by atoms with Gasteiger partial charge in [-0.2, -0.15) is 0 Å². The van der Waals surface area contributed by atoms with Gasteiger partial charge in [0.2, 0.25) is 7.07 Å². The Bertz CT molecular complexity index is 663. The van der Waals surface area contributed by atoms with Crippen LogP contribution in [0, 0.1) is 5.41 Å². The molecule has 1 saturated heterocycles. The summed E-state index contributed by atoms with van der Waals surface area (Å²) in [5, 5.41) is 8.81. The smallest absolute Gasteiger partial charge is 0.335 e. The Kier molecular flexibility index (Phi) is 4.87. The fraction of sp³-hybridized carbons (Fsp3) is 0.417. The fourth-order valence-corrected chi connectivity index (χ4v) is 6.46. The van der Waals surface area contributed by atoms with Crippen molar-refractivity contribution in [2.75, 3.05) is 13.2 Å². The van der Waals surface area contributed by atoms with E-state index < -0.39 is 23.1 Å². The number of rotatable bonds is 4. The molecule has 0 radical (unpaired) electrons. The molecule has 1 fully saturated rings. The van der Waals surface area contributed by atoms with Crippen LogP contribution in [-0.4, -0.2) is 32.7 Å². The largest absolute Gasteiger partial charge is 0.478 e. The van der Waals surface area contributed by atoms with E-state index in [1.54, 1.807) is 0 Å². The molecular weight excluding hydrogens is 349 g/mol. The summed E-state index contributed by atoms with van der Waals surface area (Å²) in [4.78, 5) is 10.7. The maximum atomic E-state index is 12.3. The van der Waals surface area contributed by atoms with Crippen LogP contribution in [-0.2, 0) is 31.3 Å². The van der Waals surface area contributed by atoms with E-state index in [0.29, 0.717) is 13.2 Å². The average Bonchev–Trinajstić information content (AvgIpc) is 2.42. The maximum Gasteiger partial charge on any atom is 0.335 e. The van der Waals surface area contributed by atoms with Gasteiger partial charge in [0.1, 0.15) is 13.2 Å². The Morgan fingerprint density at radius 2 is 1.77 bits per heavy atom. The summed E-state index contributed by atoms with van der Waals surface area (Å²) in [5.74, 6) is -1.13. The van der Waals surface area contributed by atoms with Gasteiger partial charge in [0, 0.05) is 5.41 Å². The zero-order valence-corrected chi connectivity index (χ0v) is 14.5. The highest BCUT2D eigenvalue weighted by molar-refractivity contribution is 8.39. The number of hydrogen-bond donors (Lipinski definition) is 2. The van der Waals surface area contributed by atoms with Crippen molar-refractivity contribution in [3.8, 4) is 0 Å². The van der Waals surface area contributed by atoms with Crippen molar-refractivity contribution in [3.63, 3.8) is 0 Å². The molecule has 0 saturated carbocycles. The third-order valence-electron chi connectivity index (χ3n) is 2.89. The van der Waals surface area contributed by atoms with E-state index in [4.69, 9.17) is 26.4 Å². The first kappa shape index (κ1) is 17.7. The van der Waals surface area contributed by atoms with Gasteiger partial charge in [-0.3, -0.25) is 0 Å². The molecule has 0 aromatic heterocycles. The number of sulfonamides is 1. The number of benzene rings is 1. The van der Waals surface area contributed by atoms with Crippen LogP contribution in [0.15, 0.2) is 29.2 Å². The minimum absolute atomic E-state index is 0.00579. The van der Waals surface area contributed by atoms with Crippen molar-refractivity contribution in [2.24, 2.45) is 5.41 Å². The summed E-state index contributed by atoms with van der Waals surface area (Å²) in [6.07, 6.45) is 0. The summed E-state index contributed by atoms with van der Waals surface area (Å²) < 4.78 is 37.7. The first-order chi connectivity index (χ1) is 10.0. The van der Waals surface area contributed by atoms with Gasteiger partial charge in [0.05, 0.1) is 10.5 Å². The SMILES string of the molecule is CC1(C)CO[P+]([S-])(NS(=O)(=O)c2ccc(C(=O)O)cc2)OC1. The Balaban J connectivity index is 2.15. The Morgan fingerprint density at radius 1 is 1.27 bits per heavy atom. The van der Waals surface area contributed by atoms with Gasteiger partial charge in [0.25, 0.3) is 10.0 Å². The zero-order valence-electron chi connectivity index (χ0n) is 12.0. The standard InChI is InChI=1S/C12H16NO6PS2/c1-12(2)7-18-20(21,19-8-12)13-22(16,17)10-5-3-9(4-6-10)11(14)15/h3-6H,7-8H2,1-2H3,(H,13,21)(H,14,15). The number of carboxylic acids is 1. The van der Waals surface area contributed by atoms with Gasteiger partial charge in [-0.05, 0) is 28.8 Å². The minimum Gasteiger partial charge on any atom is -0.478 e. The highest BCUT2D eigenvalue weighted by Crippen LogP contribution is 2.60. The first-order valence-corrected chi connectivity index (χ1v) is 10.4. The van der Waals surface area contributed by atoms with Gasteiger partial charge < -0.3 is 17.4 Å². The van der Waals surface area contributed by atoms with Crippen molar-refractivity contribution >= 4 is 35.3 Å². The fourth-order valence-electron chi connectivity index (χ4n) is 1.63. The van der Waals surface area contributed by atoms with E-state index in [2.05, 4.69) is 4.49 Å². The molecule has 0 spiro atoms. The van der Waals surface area contributed by atoms with E-state index in [-0.39, 0.29) is 15.9 Å². The Hall–Kier alpha value is -0.700. The van der Waals surface area contributed by atoms with Crippen molar-refractivity contribution in [2.45, 2.75) is 18.7 Å². The first-order valence-electron chi connectivity index (χ1n) is 6.30. The summed E-state index contributed by atoms with van der Waals surface area (Å²) >= 11 is 5.15. The number of hydrogen-bond acceptors (Lipinski definition) is 6. The molecule has 22 heavy (non-hydrogen) atoms. The van der Waals surface area contributed by atoms with Crippen LogP contribution >= 0.6 is 7.07 Å². The molecule has 0 amide bonds. The normalized spacial score (nSPS) is 20.5. The monoisotopic (exact) mass is 365 g/mol. The van der Waals surface area contributed by atoms with Crippen LogP contribution in [0.2, 0.25) is 0 Å². The summed E-state index contributed by atoms with van der Waals surface area (Å²) in [6.45, 7) is 4.44. The van der Waals surface area contributed by atoms with E-state index >= 15 is 0 Å². The Morgan fingerprint density at radius 3 is 2.23 bits per heavy atom. The molecule has 0 unspecified atom stereocenters. The molecule has 7 nitrogen and oxygen atoms in total. The second-order valence-corrected chi connectivity index (χ2v) is 10.8. The lowest BCUT2D eigenvalue weighted by atomic mass is 9.97. The lowest BCUT2D eigenvalue weighted by Gasteiger charge is -2.38. The lowest BCUT2D eigenvalue weighted by molar-refractivity contribution is 0.0571. The molecule has 2 rings (SSSR count). The third-order valence-corrected chi connectivity index (χ3v) is 7.88. The summed E-state index contributed by atoms with van der Waals surface area (Å²) in [6, 6.07) is 4.80. The van der Waals surface area contributed by atoms with Crippen LogP contribution < -0.4 is 4.49 Å². The predicted octanol–water partition coefficient (Wildman–Crippen LogP) is 1.96. The van der Waals surface area contributed by atoms with E-state index in [0.717, 1.165) is 0 Å². The van der Waals surface area contributed by atoms with E-state index in [1.807, 2.05) is 13.8 Å².